The highest BCUT2D eigenvalue weighted by atomic mass is 19.4. The van der Waals surface area contributed by atoms with Gasteiger partial charge in [-0.2, -0.15) is 36.5 Å². The number of fused-ring (bicyclic) bond motifs is 1. The predicted octanol–water partition coefficient (Wildman–Crippen LogP) is 4.15. The summed E-state index contributed by atoms with van der Waals surface area (Å²) in [6, 6.07) is 0.601. The van der Waals surface area contributed by atoms with Crippen LogP contribution in [0.15, 0.2) is 18.5 Å². The molecule has 2 fully saturated rings. The fraction of sp³-hybridized carbons (Fsp3) is 0.643. The van der Waals surface area contributed by atoms with E-state index in [1.165, 1.54) is 23.1 Å². The summed E-state index contributed by atoms with van der Waals surface area (Å²) in [5.41, 5.74) is 0.325. The van der Waals surface area contributed by atoms with Crippen LogP contribution in [0.3, 0.4) is 0 Å². The number of rotatable bonds is 10. The average molecular weight is 680 g/mol. The fourth-order valence-electron chi connectivity index (χ4n) is 6.06. The van der Waals surface area contributed by atoms with Crippen LogP contribution in [-0.2, 0) is 24.3 Å². The number of halogens is 8. The van der Waals surface area contributed by atoms with E-state index in [1.807, 2.05) is 0 Å². The van der Waals surface area contributed by atoms with Gasteiger partial charge in [0, 0.05) is 51.0 Å². The molecule has 3 N–H and O–H groups in total. The van der Waals surface area contributed by atoms with Crippen molar-refractivity contribution in [2.45, 2.75) is 82.9 Å². The molecule has 0 spiro atoms. The molecule has 2 amide bonds. The molecule has 0 aromatic carbocycles. The van der Waals surface area contributed by atoms with Crippen molar-refractivity contribution >= 4 is 17.6 Å². The Hall–Kier alpha value is -3.90. The van der Waals surface area contributed by atoms with Crippen molar-refractivity contribution < 1.29 is 44.7 Å². The minimum Gasteiger partial charge on any atom is -0.355 e. The lowest BCUT2D eigenvalue weighted by molar-refractivity contribution is -0.183. The van der Waals surface area contributed by atoms with Crippen LogP contribution >= 0.6 is 0 Å². The number of aromatic nitrogens is 6. The van der Waals surface area contributed by atoms with Crippen LogP contribution in [0.1, 0.15) is 72.6 Å². The second-order valence-electron chi connectivity index (χ2n) is 11.9. The molecule has 4 heterocycles. The van der Waals surface area contributed by atoms with Gasteiger partial charge in [0.1, 0.15) is 5.69 Å². The molecule has 0 radical (unpaired) electrons. The minimum absolute atomic E-state index is 0.0242. The van der Waals surface area contributed by atoms with Gasteiger partial charge in [-0.1, -0.05) is 0 Å². The van der Waals surface area contributed by atoms with Gasteiger partial charge >= 0.3 is 12.4 Å². The predicted molar refractivity (Wildman–Crippen MR) is 148 cm³/mol. The third-order valence-corrected chi connectivity index (χ3v) is 8.56. The summed E-state index contributed by atoms with van der Waals surface area (Å²) in [6.07, 6.45) is -7.95. The van der Waals surface area contributed by atoms with E-state index in [4.69, 9.17) is 0 Å². The summed E-state index contributed by atoms with van der Waals surface area (Å²) in [7, 11) is 0. The van der Waals surface area contributed by atoms with E-state index in [1.54, 1.807) is 6.92 Å². The van der Waals surface area contributed by atoms with E-state index in [0.29, 0.717) is 6.54 Å². The van der Waals surface area contributed by atoms with Crippen molar-refractivity contribution in [3.8, 4) is 0 Å². The third kappa shape index (κ3) is 8.34. The van der Waals surface area contributed by atoms with E-state index in [0.717, 1.165) is 4.52 Å². The first kappa shape index (κ1) is 34.4. The summed E-state index contributed by atoms with van der Waals surface area (Å²) in [5, 5.41) is 15.8. The van der Waals surface area contributed by atoms with Gasteiger partial charge in [-0.25, -0.2) is 23.3 Å². The molecule has 11 nitrogen and oxygen atoms in total. The van der Waals surface area contributed by atoms with Gasteiger partial charge in [-0.3, -0.25) is 14.3 Å². The second-order valence-corrected chi connectivity index (χ2v) is 11.9. The van der Waals surface area contributed by atoms with Crippen molar-refractivity contribution in [2.75, 3.05) is 13.1 Å². The third-order valence-electron chi connectivity index (χ3n) is 8.56. The van der Waals surface area contributed by atoms with Gasteiger partial charge in [0.05, 0.1) is 41.8 Å². The fourth-order valence-corrected chi connectivity index (χ4v) is 6.06. The zero-order chi connectivity index (χ0) is 34.1. The summed E-state index contributed by atoms with van der Waals surface area (Å²) in [4.78, 5) is 34.6. The van der Waals surface area contributed by atoms with Crippen molar-refractivity contribution in [2.24, 2.45) is 17.8 Å². The van der Waals surface area contributed by atoms with Crippen LogP contribution in [0.25, 0.3) is 5.78 Å². The highest BCUT2D eigenvalue weighted by Crippen LogP contribution is 2.41. The quantitative estimate of drug-likeness (QED) is 0.275. The molecule has 0 unspecified atom stereocenters. The second kappa shape index (κ2) is 13.3. The smallest absolute Gasteiger partial charge is 0.355 e. The lowest BCUT2D eigenvalue weighted by atomic mass is 9.81. The van der Waals surface area contributed by atoms with Crippen LogP contribution < -0.4 is 16.0 Å². The number of carbonyl (C=O) groups excluding carboxylic acids is 2. The Labute approximate surface area is 262 Å². The van der Waals surface area contributed by atoms with Crippen molar-refractivity contribution in [1.29, 1.82) is 0 Å². The molecule has 258 valence electrons. The molecule has 1 saturated carbocycles. The summed E-state index contributed by atoms with van der Waals surface area (Å²) in [5.74, 6) is -7.64. The van der Waals surface area contributed by atoms with Gasteiger partial charge in [0.15, 0.2) is 0 Å². The number of hydrogen-bond donors (Lipinski definition) is 3. The molecule has 0 bridgehead atoms. The number of carbonyl (C=O) groups is 2. The Balaban J connectivity index is 1.49. The maximum absolute atomic E-state index is 14.1. The molecule has 1 saturated heterocycles. The average Bonchev–Trinajstić information content (AvgIpc) is 3.63. The number of aryl methyl sites for hydroxylation is 1. The highest BCUT2D eigenvalue weighted by Gasteiger charge is 2.45. The maximum Gasteiger partial charge on any atom is 0.401 e. The first-order chi connectivity index (χ1) is 22.0. The van der Waals surface area contributed by atoms with Crippen molar-refractivity contribution in [3.63, 3.8) is 0 Å². The lowest BCUT2D eigenvalue weighted by Gasteiger charge is -2.33. The molecule has 1 aliphatic carbocycles. The first-order valence-electron chi connectivity index (χ1n) is 15.1. The Kier molecular flexibility index (Phi) is 9.75. The molecule has 1 aliphatic heterocycles. The number of alkyl halides is 8. The molecule has 2 aliphatic rings. The monoisotopic (exact) mass is 679 g/mol. The molecule has 3 aromatic heterocycles. The minimum atomic E-state index is -4.57. The molecule has 47 heavy (non-hydrogen) atoms. The largest absolute Gasteiger partial charge is 0.401 e. The van der Waals surface area contributed by atoms with E-state index < -0.39 is 92.8 Å². The molecule has 19 heteroatoms. The van der Waals surface area contributed by atoms with Gasteiger partial charge in [0.25, 0.3) is 11.7 Å². The molecule has 5 rings (SSSR count). The highest BCUT2D eigenvalue weighted by molar-refractivity contribution is 5.92. The molecule has 3 atom stereocenters. The van der Waals surface area contributed by atoms with Gasteiger partial charge < -0.3 is 16.0 Å². The van der Waals surface area contributed by atoms with Crippen LogP contribution in [0, 0.1) is 17.8 Å². The summed E-state index contributed by atoms with van der Waals surface area (Å²) < 4.78 is 110. The first-order valence-corrected chi connectivity index (χ1v) is 15.1. The van der Waals surface area contributed by atoms with Crippen LogP contribution in [0.4, 0.5) is 35.1 Å². The van der Waals surface area contributed by atoms with Crippen molar-refractivity contribution in [1.82, 2.24) is 45.3 Å². The Bertz CT molecular complexity index is 1580. The van der Waals surface area contributed by atoms with E-state index in [-0.39, 0.29) is 47.8 Å². The van der Waals surface area contributed by atoms with Gasteiger partial charge in [-0.15, -0.1) is 0 Å². The molecular formula is C28H33F8N9O2. The normalized spacial score (nSPS) is 21.5. The van der Waals surface area contributed by atoms with Gasteiger partial charge in [-0.05, 0) is 38.2 Å². The molecule has 3 aromatic rings. The number of imidazole rings is 1. The summed E-state index contributed by atoms with van der Waals surface area (Å²) >= 11 is 0. The summed E-state index contributed by atoms with van der Waals surface area (Å²) in [6.45, 7) is -0.310. The van der Waals surface area contributed by atoms with Gasteiger partial charge in [0.2, 0.25) is 11.8 Å². The zero-order valence-corrected chi connectivity index (χ0v) is 25.1. The number of piperidine rings is 1. The van der Waals surface area contributed by atoms with E-state index >= 15 is 0 Å². The van der Waals surface area contributed by atoms with Crippen LogP contribution in [0.2, 0.25) is 0 Å². The van der Waals surface area contributed by atoms with E-state index in [9.17, 15) is 44.7 Å². The van der Waals surface area contributed by atoms with Crippen LogP contribution in [0.5, 0.6) is 0 Å². The Morgan fingerprint density at radius 3 is 2.51 bits per heavy atom. The maximum atomic E-state index is 14.1. The van der Waals surface area contributed by atoms with Crippen molar-refractivity contribution in [3.05, 3.63) is 41.2 Å². The van der Waals surface area contributed by atoms with E-state index in [2.05, 4.69) is 36.1 Å². The topological polar surface area (TPSA) is 131 Å². The van der Waals surface area contributed by atoms with Crippen LogP contribution in [-0.4, -0.2) is 72.5 Å². The molecular weight excluding hydrogens is 646 g/mol. The number of nitrogens with zero attached hydrogens (tertiary/aromatic N) is 6. The number of nitrogens with one attached hydrogen (secondary N) is 3. The SMILES string of the molecule is CCn1nccc1C(=O)N[C@H](c1cn2nc(C[C@H]3C[C@@H](C(F)(F)F)CNC3=O)c(CNCC(F)(F)F)nc2n1)C1CCC(F)(F)CC1. The standard InChI is InChI=1S/C28H33F8N9O2/c1-2-44-21(5-8-39-44)24(47)42-22(15-3-6-26(29,30)7-4-15)20-13-45-25(41-20)40-19(12-37-14-27(31,32)33)18(43-45)10-16-9-17(28(34,35)36)11-38-23(16)46/h5,8,13,15-17,22,37H,2-4,6-7,9-12,14H2,1H3,(H,38,46)(H,42,47)/t16-,17-,22+/m1/s1. The Morgan fingerprint density at radius 1 is 1.13 bits per heavy atom. The zero-order valence-electron chi connectivity index (χ0n) is 25.1. The Morgan fingerprint density at radius 2 is 1.85 bits per heavy atom. The number of hydrogen-bond acceptors (Lipinski definition) is 7. The number of amides is 2. The lowest BCUT2D eigenvalue weighted by Crippen LogP contribution is -2.47.